The van der Waals surface area contributed by atoms with Crippen LogP contribution in [-0.2, 0) is 0 Å². The Morgan fingerprint density at radius 1 is 1.24 bits per heavy atom. The molecule has 11 heteroatoms. The van der Waals surface area contributed by atoms with Crippen LogP contribution >= 0.6 is 22.9 Å². The highest BCUT2D eigenvalue weighted by Crippen LogP contribution is 2.37. The summed E-state index contributed by atoms with van der Waals surface area (Å²) >= 11 is 7.03. The van der Waals surface area contributed by atoms with Gasteiger partial charge in [-0.2, -0.15) is 0 Å². The van der Waals surface area contributed by atoms with Crippen LogP contribution in [0, 0.1) is 18.7 Å². The van der Waals surface area contributed by atoms with Gasteiger partial charge in [-0.15, -0.1) is 5.10 Å². The molecule has 3 aromatic rings. The third-order valence-electron chi connectivity index (χ3n) is 5.51. The Hall–Kier alpha value is -2.85. The molecule has 8 nitrogen and oxygen atoms in total. The number of nitrogens with one attached hydrogen (secondary N) is 1. The molecule has 0 aromatic carbocycles. The van der Waals surface area contributed by atoms with E-state index in [1.165, 1.54) is 38.8 Å². The Bertz CT molecular complexity index is 1150. The molecule has 3 aromatic heterocycles. The number of ether oxygens (including phenoxy) is 2. The maximum Gasteiger partial charge on any atom is 0.295 e. The fourth-order valence-corrected chi connectivity index (χ4v) is 4.57. The highest BCUT2D eigenvalue weighted by molar-refractivity contribution is 7.17. The Balaban J connectivity index is 1.54. The van der Waals surface area contributed by atoms with Gasteiger partial charge in [0, 0.05) is 17.5 Å². The number of pyridine rings is 2. The predicted octanol–water partition coefficient (Wildman–Crippen LogP) is 5.32. The summed E-state index contributed by atoms with van der Waals surface area (Å²) in [5, 5.41) is 11.0. The van der Waals surface area contributed by atoms with Gasteiger partial charge in [-0.05, 0) is 43.1 Å². The number of methoxy groups -OCH3 is 1. The highest BCUT2D eigenvalue weighted by atomic mass is 35.5. The monoisotopic (exact) mass is 491 g/mol. The van der Waals surface area contributed by atoms with Gasteiger partial charge in [0.05, 0.1) is 31.0 Å². The van der Waals surface area contributed by atoms with Crippen LogP contribution in [0.2, 0.25) is 5.15 Å². The second-order valence-corrected chi connectivity index (χ2v) is 9.12. The van der Waals surface area contributed by atoms with Crippen LogP contribution in [0.5, 0.6) is 10.9 Å². The lowest BCUT2D eigenvalue weighted by Gasteiger charge is -2.20. The van der Waals surface area contributed by atoms with E-state index in [9.17, 15) is 9.18 Å². The van der Waals surface area contributed by atoms with Gasteiger partial charge in [-0.25, -0.2) is 9.37 Å². The predicted molar refractivity (Wildman–Crippen MR) is 124 cm³/mol. The summed E-state index contributed by atoms with van der Waals surface area (Å²) < 4.78 is 25.9. The maximum absolute atomic E-state index is 14.9. The number of amides is 1. The second-order valence-electron chi connectivity index (χ2n) is 7.82. The zero-order valence-electron chi connectivity index (χ0n) is 18.2. The van der Waals surface area contributed by atoms with Crippen molar-refractivity contribution in [1.82, 2.24) is 20.2 Å². The number of rotatable bonds is 7. The van der Waals surface area contributed by atoms with Gasteiger partial charge in [0.2, 0.25) is 5.13 Å². The van der Waals surface area contributed by atoms with Gasteiger partial charge >= 0.3 is 0 Å². The van der Waals surface area contributed by atoms with Crippen molar-refractivity contribution in [1.29, 1.82) is 0 Å². The van der Waals surface area contributed by atoms with E-state index >= 15 is 0 Å². The summed E-state index contributed by atoms with van der Waals surface area (Å²) in [4.78, 5) is 21.0. The van der Waals surface area contributed by atoms with Crippen molar-refractivity contribution in [3.05, 3.63) is 40.7 Å². The molecular formula is C22H23ClFN5O3S. The standard InChI is InChI=1S/C22H23ClFN5O3S/c1-12-8-14(17-16(31-2)10-26-19(23)18(17)24)15(9-25-12)20(30)27-21-28-29-22(33-21)32-11-13-6-4-3-5-7-13/h8-10,13H,3-7,11H2,1-2H3,(H,27,28,30). The Kier molecular flexibility index (Phi) is 7.34. The first-order valence-corrected chi connectivity index (χ1v) is 11.8. The third kappa shape index (κ3) is 5.39. The number of carbonyl (C=O) groups excluding carboxylic acids is 1. The van der Waals surface area contributed by atoms with Crippen LogP contribution in [0.15, 0.2) is 18.5 Å². The molecule has 1 fully saturated rings. The minimum Gasteiger partial charge on any atom is -0.494 e. The molecule has 33 heavy (non-hydrogen) atoms. The van der Waals surface area contributed by atoms with Crippen LogP contribution < -0.4 is 14.8 Å². The van der Waals surface area contributed by atoms with Crippen molar-refractivity contribution >= 4 is 34.0 Å². The van der Waals surface area contributed by atoms with E-state index < -0.39 is 11.7 Å². The van der Waals surface area contributed by atoms with Crippen LogP contribution in [0.1, 0.15) is 48.2 Å². The Morgan fingerprint density at radius 3 is 2.79 bits per heavy atom. The van der Waals surface area contributed by atoms with Gasteiger partial charge in [0.15, 0.2) is 11.0 Å². The minimum absolute atomic E-state index is 0.0296. The average molecular weight is 492 g/mol. The molecule has 0 aliphatic heterocycles. The van der Waals surface area contributed by atoms with E-state index in [0.29, 0.717) is 23.4 Å². The summed E-state index contributed by atoms with van der Waals surface area (Å²) in [6.07, 6.45) is 8.73. The first-order valence-electron chi connectivity index (χ1n) is 10.6. The smallest absolute Gasteiger partial charge is 0.295 e. The molecule has 0 bridgehead atoms. The van der Waals surface area contributed by atoms with E-state index in [2.05, 4.69) is 25.5 Å². The average Bonchev–Trinajstić information content (AvgIpc) is 3.27. The number of aryl methyl sites for hydroxylation is 1. The zero-order chi connectivity index (χ0) is 23.4. The molecule has 1 saturated carbocycles. The molecule has 1 amide bonds. The maximum atomic E-state index is 14.9. The molecular weight excluding hydrogens is 469 g/mol. The lowest BCUT2D eigenvalue weighted by Crippen LogP contribution is -2.15. The third-order valence-corrected chi connectivity index (χ3v) is 6.53. The molecule has 4 rings (SSSR count). The topological polar surface area (TPSA) is 99.1 Å². The molecule has 1 N–H and O–H groups in total. The molecule has 0 radical (unpaired) electrons. The minimum atomic E-state index is -0.787. The molecule has 0 atom stereocenters. The van der Waals surface area contributed by atoms with Crippen LogP contribution in [-0.4, -0.2) is 39.8 Å². The normalized spacial score (nSPS) is 14.2. The lowest BCUT2D eigenvalue weighted by atomic mass is 9.90. The van der Waals surface area contributed by atoms with Crippen LogP contribution in [0.25, 0.3) is 11.1 Å². The highest BCUT2D eigenvalue weighted by Gasteiger charge is 2.24. The van der Waals surface area contributed by atoms with Gasteiger partial charge in [-0.1, -0.05) is 36.0 Å². The van der Waals surface area contributed by atoms with E-state index in [0.717, 1.165) is 24.2 Å². The van der Waals surface area contributed by atoms with Gasteiger partial charge in [0.1, 0.15) is 5.75 Å². The zero-order valence-corrected chi connectivity index (χ0v) is 19.8. The molecule has 1 aliphatic rings. The summed E-state index contributed by atoms with van der Waals surface area (Å²) in [7, 11) is 1.39. The molecule has 0 unspecified atom stereocenters. The fourth-order valence-electron chi connectivity index (χ4n) is 3.83. The Labute approximate surface area is 199 Å². The summed E-state index contributed by atoms with van der Waals surface area (Å²) in [5.41, 5.74) is 1.02. The number of aromatic nitrogens is 4. The van der Waals surface area contributed by atoms with Crippen molar-refractivity contribution in [3.63, 3.8) is 0 Å². The van der Waals surface area contributed by atoms with Crippen molar-refractivity contribution in [3.8, 4) is 22.1 Å². The van der Waals surface area contributed by atoms with Crippen molar-refractivity contribution in [2.45, 2.75) is 39.0 Å². The van der Waals surface area contributed by atoms with E-state index in [-0.39, 0.29) is 32.7 Å². The number of hydrogen-bond donors (Lipinski definition) is 1. The first-order chi connectivity index (χ1) is 16.0. The lowest BCUT2D eigenvalue weighted by molar-refractivity contribution is 0.102. The number of anilines is 1. The molecule has 0 saturated heterocycles. The number of halogens is 2. The van der Waals surface area contributed by atoms with Crippen molar-refractivity contribution in [2.75, 3.05) is 19.0 Å². The SMILES string of the molecule is COc1cnc(Cl)c(F)c1-c1cc(C)ncc1C(=O)Nc1nnc(OCC2CCCCC2)s1. The van der Waals surface area contributed by atoms with Gasteiger partial charge < -0.3 is 9.47 Å². The van der Waals surface area contributed by atoms with Crippen molar-refractivity contribution in [2.24, 2.45) is 5.92 Å². The molecule has 1 aliphatic carbocycles. The van der Waals surface area contributed by atoms with Crippen LogP contribution in [0.4, 0.5) is 9.52 Å². The van der Waals surface area contributed by atoms with E-state index in [1.54, 1.807) is 13.0 Å². The number of hydrogen-bond acceptors (Lipinski definition) is 8. The largest absolute Gasteiger partial charge is 0.494 e. The molecule has 3 heterocycles. The summed E-state index contributed by atoms with van der Waals surface area (Å²) in [5.74, 6) is -0.642. The van der Waals surface area contributed by atoms with Crippen LogP contribution in [0.3, 0.4) is 0 Å². The number of nitrogens with zero attached hydrogens (tertiary/aromatic N) is 4. The van der Waals surface area contributed by atoms with Gasteiger partial charge in [-0.3, -0.25) is 15.1 Å². The number of carbonyl (C=O) groups is 1. The summed E-state index contributed by atoms with van der Waals surface area (Å²) in [6.45, 7) is 2.33. The fraction of sp³-hybridized carbons (Fsp3) is 0.409. The van der Waals surface area contributed by atoms with Gasteiger partial charge in [0.25, 0.3) is 11.1 Å². The summed E-state index contributed by atoms with van der Waals surface area (Å²) in [6, 6.07) is 1.59. The second kappa shape index (κ2) is 10.4. The molecule has 0 spiro atoms. The van der Waals surface area contributed by atoms with E-state index in [1.807, 2.05) is 0 Å². The van der Waals surface area contributed by atoms with Crippen molar-refractivity contribution < 1.29 is 18.7 Å². The quantitative estimate of drug-likeness (QED) is 0.447. The van der Waals surface area contributed by atoms with E-state index in [4.69, 9.17) is 21.1 Å². The molecule has 174 valence electrons. The first kappa shape index (κ1) is 23.3. The Morgan fingerprint density at radius 2 is 2.03 bits per heavy atom.